The first kappa shape index (κ1) is 13.4. The van der Waals surface area contributed by atoms with Crippen LogP contribution in [0.25, 0.3) is 0 Å². The van der Waals surface area contributed by atoms with Crippen molar-refractivity contribution < 1.29 is 9.59 Å². The Hall–Kier alpha value is -1.07. The van der Waals surface area contributed by atoms with Crippen LogP contribution in [0.15, 0.2) is 22.7 Å². The maximum atomic E-state index is 12.2. The maximum Gasteiger partial charge on any atom is 0.249 e. The van der Waals surface area contributed by atoms with Gasteiger partial charge < -0.3 is 10.2 Å². The number of amides is 2. The molecule has 1 unspecified atom stereocenters. The molecule has 18 heavy (non-hydrogen) atoms. The minimum atomic E-state index is -0.512. The molecule has 1 N–H and O–H groups in total. The summed E-state index contributed by atoms with van der Waals surface area (Å²) in [4.78, 5) is 25.2. The van der Waals surface area contributed by atoms with Gasteiger partial charge in [0, 0.05) is 22.5 Å². The highest BCUT2D eigenvalue weighted by Crippen LogP contribution is 2.30. The highest BCUT2D eigenvalue weighted by atomic mass is 79.9. The molecule has 2 amide bonds. The fourth-order valence-corrected chi connectivity index (χ4v) is 2.77. The standard InChI is InChI=1S/C12H12BrClN2O2/c1-7-12(18)16(5-4-11(17)15-7)10-3-2-8(14)6-9(10)13/h2-3,6-7H,4-5H2,1H3,(H,15,17). The quantitative estimate of drug-likeness (QED) is 0.859. The highest BCUT2D eigenvalue weighted by molar-refractivity contribution is 9.10. The zero-order chi connectivity index (χ0) is 13.3. The van der Waals surface area contributed by atoms with E-state index in [4.69, 9.17) is 11.6 Å². The number of hydrogen-bond donors (Lipinski definition) is 1. The van der Waals surface area contributed by atoms with E-state index in [9.17, 15) is 9.59 Å². The number of halogens is 2. The van der Waals surface area contributed by atoms with Crippen molar-refractivity contribution in [2.75, 3.05) is 11.4 Å². The molecule has 1 heterocycles. The summed E-state index contributed by atoms with van der Waals surface area (Å²) in [5.41, 5.74) is 0.729. The van der Waals surface area contributed by atoms with E-state index < -0.39 is 6.04 Å². The molecule has 1 aliphatic heterocycles. The van der Waals surface area contributed by atoms with Crippen LogP contribution in [0.1, 0.15) is 13.3 Å². The van der Waals surface area contributed by atoms with Crippen molar-refractivity contribution in [3.63, 3.8) is 0 Å². The second-order valence-corrected chi connectivity index (χ2v) is 5.42. The Morgan fingerprint density at radius 1 is 1.44 bits per heavy atom. The van der Waals surface area contributed by atoms with Gasteiger partial charge in [-0.1, -0.05) is 11.6 Å². The smallest absolute Gasteiger partial charge is 0.249 e. The van der Waals surface area contributed by atoms with Crippen LogP contribution >= 0.6 is 27.5 Å². The molecule has 1 atom stereocenters. The summed E-state index contributed by atoms with van der Waals surface area (Å²) >= 11 is 9.26. The number of carbonyl (C=O) groups excluding carboxylic acids is 2. The summed E-state index contributed by atoms with van der Waals surface area (Å²) in [7, 11) is 0. The van der Waals surface area contributed by atoms with Crippen molar-refractivity contribution in [3.8, 4) is 0 Å². The second-order valence-electron chi connectivity index (χ2n) is 4.12. The van der Waals surface area contributed by atoms with Gasteiger partial charge in [-0.3, -0.25) is 9.59 Å². The molecule has 1 saturated heterocycles. The molecule has 1 fully saturated rings. The van der Waals surface area contributed by atoms with Crippen LogP contribution in [0.5, 0.6) is 0 Å². The van der Waals surface area contributed by atoms with Crippen LogP contribution in [0, 0.1) is 0 Å². The number of carbonyl (C=O) groups is 2. The summed E-state index contributed by atoms with van der Waals surface area (Å²) in [6, 6.07) is 4.71. The van der Waals surface area contributed by atoms with Crippen molar-refractivity contribution in [1.29, 1.82) is 0 Å². The van der Waals surface area contributed by atoms with Crippen molar-refractivity contribution in [2.45, 2.75) is 19.4 Å². The van der Waals surface area contributed by atoms with Crippen LogP contribution in [-0.2, 0) is 9.59 Å². The van der Waals surface area contributed by atoms with Crippen LogP contribution in [0.3, 0.4) is 0 Å². The number of nitrogens with zero attached hydrogens (tertiary/aromatic N) is 1. The first-order chi connectivity index (χ1) is 8.49. The topological polar surface area (TPSA) is 49.4 Å². The average Bonchev–Trinajstić information content (AvgIpc) is 2.41. The van der Waals surface area contributed by atoms with Gasteiger partial charge in [-0.25, -0.2) is 0 Å². The SMILES string of the molecule is CC1NC(=O)CCN(c2ccc(Cl)cc2Br)C1=O. The zero-order valence-electron chi connectivity index (χ0n) is 9.74. The predicted octanol–water partition coefficient (Wildman–Crippen LogP) is 2.34. The molecule has 0 radical (unpaired) electrons. The molecule has 96 valence electrons. The van der Waals surface area contributed by atoms with Crippen molar-refractivity contribution in [1.82, 2.24) is 5.32 Å². The molecule has 2 rings (SSSR count). The molecular weight excluding hydrogens is 320 g/mol. The summed E-state index contributed by atoms with van der Waals surface area (Å²) in [6.45, 7) is 2.05. The van der Waals surface area contributed by atoms with E-state index in [0.29, 0.717) is 18.0 Å². The average molecular weight is 332 g/mol. The molecule has 0 bridgehead atoms. The number of hydrogen-bond acceptors (Lipinski definition) is 2. The van der Waals surface area contributed by atoms with Crippen LogP contribution in [-0.4, -0.2) is 24.4 Å². The van der Waals surface area contributed by atoms with Crippen molar-refractivity contribution in [3.05, 3.63) is 27.7 Å². The molecule has 0 saturated carbocycles. The Morgan fingerprint density at radius 3 is 2.83 bits per heavy atom. The lowest BCUT2D eigenvalue weighted by molar-refractivity contribution is -0.125. The first-order valence-electron chi connectivity index (χ1n) is 5.55. The van der Waals surface area contributed by atoms with E-state index >= 15 is 0 Å². The molecular formula is C12H12BrClN2O2. The van der Waals surface area contributed by atoms with E-state index in [-0.39, 0.29) is 11.8 Å². The molecule has 1 aliphatic rings. The molecule has 0 aromatic heterocycles. The third-order valence-corrected chi connectivity index (χ3v) is 3.65. The van der Waals surface area contributed by atoms with Gasteiger partial charge in [0.2, 0.25) is 11.8 Å². The van der Waals surface area contributed by atoms with E-state index in [1.807, 2.05) is 0 Å². The molecule has 0 spiro atoms. The summed E-state index contributed by atoms with van der Waals surface area (Å²) in [5.74, 6) is -0.229. The normalized spacial score (nSPS) is 20.6. The third-order valence-electron chi connectivity index (χ3n) is 2.78. The van der Waals surface area contributed by atoms with E-state index in [1.165, 1.54) is 0 Å². The number of anilines is 1. The Kier molecular flexibility index (Phi) is 3.92. The summed E-state index contributed by atoms with van der Waals surface area (Å²) in [5, 5.41) is 3.24. The minimum absolute atomic E-state index is 0.108. The Bertz CT molecular complexity index is 507. The fourth-order valence-electron chi connectivity index (χ4n) is 1.87. The first-order valence-corrected chi connectivity index (χ1v) is 6.72. The van der Waals surface area contributed by atoms with E-state index in [1.54, 1.807) is 30.0 Å². The fraction of sp³-hybridized carbons (Fsp3) is 0.333. The van der Waals surface area contributed by atoms with Gasteiger partial charge in [0.05, 0.1) is 5.69 Å². The van der Waals surface area contributed by atoms with Gasteiger partial charge >= 0.3 is 0 Å². The minimum Gasteiger partial charge on any atom is -0.345 e. The van der Waals surface area contributed by atoms with Crippen molar-refractivity contribution >= 4 is 45.0 Å². The van der Waals surface area contributed by atoms with Crippen LogP contribution in [0.2, 0.25) is 5.02 Å². The number of rotatable bonds is 1. The zero-order valence-corrected chi connectivity index (χ0v) is 12.1. The molecule has 1 aromatic rings. The van der Waals surface area contributed by atoms with Gasteiger partial charge in [0.1, 0.15) is 6.04 Å². The number of nitrogens with one attached hydrogen (secondary N) is 1. The molecule has 1 aromatic carbocycles. The Balaban J connectivity index is 2.36. The Labute approximate surface area is 118 Å². The maximum absolute atomic E-state index is 12.2. The lowest BCUT2D eigenvalue weighted by Gasteiger charge is -2.23. The summed E-state index contributed by atoms with van der Waals surface area (Å²) < 4.78 is 0.741. The molecule has 4 nitrogen and oxygen atoms in total. The lowest BCUT2D eigenvalue weighted by Crippen LogP contribution is -2.42. The van der Waals surface area contributed by atoms with Crippen LogP contribution in [0.4, 0.5) is 5.69 Å². The van der Waals surface area contributed by atoms with E-state index in [0.717, 1.165) is 10.2 Å². The molecule has 6 heteroatoms. The largest absolute Gasteiger partial charge is 0.345 e. The van der Waals surface area contributed by atoms with Gasteiger partial charge in [0.25, 0.3) is 0 Å². The van der Waals surface area contributed by atoms with E-state index in [2.05, 4.69) is 21.2 Å². The molecule has 0 aliphatic carbocycles. The highest BCUT2D eigenvalue weighted by Gasteiger charge is 2.28. The Morgan fingerprint density at radius 2 is 2.17 bits per heavy atom. The van der Waals surface area contributed by atoms with Crippen LogP contribution < -0.4 is 10.2 Å². The predicted molar refractivity (Wildman–Crippen MR) is 73.7 cm³/mol. The monoisotopic (exact) mass is 330 g/mol. The second kappa shape index (κ2) is 5.28. The number of benzene rings is 1. The summed E-state index contributed by atoms with van der Waals surface area (Å²) in [6.07, 6.45) is 0.297. The third kappa shape index (κ3) is 2.67. The lowest BCUT2D eigenvalue weighted by atomic mass is 10.2. The van der Waals surface area contributed by atoms with Gasteiger partial charge in [-0.15, -0.1) is 0 Å². The van der Waals surface area contributed by atoms with Gasteiger partial charge in [0.15, 0.2) is 0 Å². The van der Waals surface area contributed by atoms with Crippen molar-refractivity contribution in [2.24, 2.45) is 0 Å². The van der Waals surface area contributed by atoms with Gasteiger partial charge in [-0.05, 0) is 41.1 Å². The van der Waals surface area contributed by atoms with Gasteiger partial charge in [-0.2, -0.15) is 0 Å².